The molecule has 0 radical (unpaired) electrons. The Morgan fingerprint density at radius 2 is 1.81 bits per heavy atom. The lowest BCUT2D eigenvalue weighted by Gasteiger charge is -2.22. The summed E-state index contributed by atoms with van der Waals surface area (Å²) in [5.74, 6) is -2.39. The SMILES string of the molecule is NC(Cl)C(Cl)(C(=O)O)C(=O)c1ccccc1. The van der Waals surface area contributed by atoms with E-state index >= 15 is 0 Å². The van der Waals surface area contributed by atoms with Crippen LogP contribution >= 0.6 is 23.2 Å². The normalized spacial score (nSPS) is 16.2. The summed E-state index contributed by atoms with van der Waals surface area (Å²) in [6, 6.07) is 7.76. The molecule has 4 nitrogen and oxygen atoms in total. The lowest BCUT2D eigenvalue weighted by Crippen LogP contribution is -2.52. The van der Waals surface area contributed by atoms with Gasteiger partial charge in [-0.3, -0.25) is 4.79 Å². The van der Waals surface area contributed by atoms with Crippen molar-refractivity contribution >= 4 is 35.0 Å². The summed E-state index contributed by atoms with van der Waals surface area (Å²) in [6.45, 7) is 0. The minimum Gasteiger partial charge on any atom is -0.480 e. The summed E-state index contributed by atoms with van der Waals surface area (Å²) in [6.07, 6.45) is 0. The largest absolute Gasteiger partial charge is 0.480 e. The van der Waals surface area contributed by atoms with E-state index in [0.717, 1.165) is 0 Å². The number of alkyl halides is 2. The molecule has 86 valence electrons. The van der Waals surface area contributed by atoms with Gasteiger partial charge in [0, 0.05) is 5.56 Å². The first-order valence-electron chi connectivity index (χ1n) is 4.32. The van der Waals surface area contributed by atoms with Gasteiger partial charge in [0.25, 0.3) is 0 Å². The second-order valence-electron chi connectivity index (χ2n) is 3.11. The zero-order valence-corrected chi connectivity index (χ0v) is 9.57. The van der Waals surface area contributed by atoms with Crippen LogP contribution in [0.2, 0.25) is 0 Å². The number of carbonyl (C=O) groups is 2. The fourth-order valence-electron chi connectivity index (χ4n) is 1.14. The number of carboxylic acids is 1. The second kappa shape index (κ2) is 4.82. The van der Waals surface area contributed by atoms with Crippen molar-refractivity contribution in [3.63, 3.8) is 0 Å². The molecule has 1 aromatic carbocycles. The molecule has 0 aliphatic heterocycles. The van der Waals surface area contributed by atoms with Gasteiger partial charge in [-0.2, -0.15) is 0 Å². The van der Waals surface area contributed by atoms with E-state index in [9.17, 15) is 9.59 Å². The van der Waals surface area contributed by atoms with Crippen LogP contribution in [0.3, 0.4) is 0 Å². The number of Topliss-reactive ketones (excluding diaryl/α,β-unsaturated/α-hetero) is 1. The highest BCUT2D eigenvalue weighted by atomic mass is 35.5. The van der Waals surface area contributed by atoms with Crippen molar-refractivity contribution in [2.75, 3.05) is 0 Å². The second-order valence-corrected chi connectivity index (χ2v) is 4.18. The zero-order valence-electron chi connectivity index (χ0n) is 8.06. The molecule has 0 amide bonds. The number of hydrogen-bond acceptors (Lipinski definition) is 3. The van der Waals surface area contributed by atoms with Gasteiger partial charge in [0.05, 0.1) is 0 Å². The van der Waals surface area contributed by atoms with E-state index in [1.165, 1.54) is 12.1 Å². The summed E-state index contributed by atoms with van der Waals surface area (Å²) < 4.78 is 0. The van der Waals surface area contributed by atoms with Gasteiger partial charge < -0.3 is 10.8 Å². The molecule has 0 bridgehead atoms. The van der Waals surface area contributed by atoms with Crippen molar-refractivity contribution in [3.05, 3.63) is 35.9 Å². The zero-order chi connectivity index (χ0) is 12.3. The van der Waals surface area contributed by atoms with Crippen LogP contribution in [0.15, 0.2) is 30.3 Å². The van der Waals surface area contributed by atoms with Crippen molar-refractivity contribution in [3.8, 4) is 0 Å². The van der Waals surface area contributed by atoms with E-state index in [4.69, 9.17) is 34.0 Å². The van der Waals surface area contributed by atoms with E-state index in [-0.39, 0.29) is 5.56 Å². The number of hydrogen-bond donors (Lipinski definition) is 2. The summed E-state index contributed by atoms with van der Waals surface area (Å²) in [5, 5.41) is 8.92. The topological polar surface area (TPSA) is 80.4 Å². The molecule has 1 rings (SSSR count). The van der Waals surface area contributed by atoms with Crippen molar-refractivity contribution in [1.29, 1.82) is 0 Å². The Morgan fingerprint density at radius 1 is 1.31 bits per heavy atom. The van der Waals surface area contributed by atoms with E-state index in [0.29, 0.717) is 0 Å². The Labute approximate surface area is 102 Å². The Hall–Kier alpha value is -1.10. The van der Waals surface area contributed by atoms with E-state index < -0.39 is 22.1 Å². The molecular weight excluding hydrogens is 253 g/mol. The maximum absolute atomic E-state index is 11.9. The van der Waals surface area contributed by atoms with Crippen LogP contribution in [0.5, 0.6) is 0 Å². The number of aliphatic carboxylic acids is 1. The Kier molecular flexibility index (Phi) is 3.91. The first kappa shape index (κ1) is 13.0. The fourth-order valence-corrected chi connectivity index (χ4v) is 1.44. The molecule has 1 aromatic rings. The van der Waals surface area contributed by atoms with Crippen LogP contribution in [0.1, 0.15) is 10.4 Å². The lowest BCUT2D eigenvalue weighted by molar-refractivity contribution is -0.138. The number of halogens is 2. The monoisotopic (exact) mass is 261 g/mol. The van der Waals surface area contributed by atoms with Crippen LogP contribution in [0.4, 0.5) is 0 Å². The molecule has 2 atom stereocenters. The molecule has 0 spiro atoms. The van der Waals surface area contributed by atoms with Gasteiger partial charge in [0.15, 0.2) is 5.78 Å². The van der Waals surface area contributed by atoms with Gasteiger partial charge in [0.1, 0.15) is 5.50 Å². The minimum atomic E-state index is -2.34. The number of nitrogens with two attached hydrogens (primary N) is 1. The molecule has 3 N–H and O–H groups in total. The summed E-state index contributed by atoms with van der Waals surface area (Å²) >= 11 is 11.2. The van der Waals surface area contributed by atoms with Crippen LogP contribution in [0, 0.1) is 0 Å². The van der Waals surface area contributed by atoms with Gasteiger partial charge in [-0.25, -0.2) is 4.79 Å². The highest BCUT2D eigenvalue weighted by Crippen LogP contribution is 2.27. The van der Waals surface area contributed by atoms with Crippen LogP contribution in [-0.4, -0.2) is 27.2 Å². The number of carbonyl (C=O) groups excluding carboxylic acids is 1. The molecular formula is C10H9Cl2NO3. The van der Waals surface area contributed by atoms with Crippen LogP contribution in [0.25, 0.3) is 0 Å². The quantitative estimate of drug-likeness (QED) is 0.372. The third-order valence-electron chi connectivity index (χ3n) is 2.06. The lowest BCUT2D eigenvalue weighted by atomic mass is 9.96. The molecule has 0 aromatic heterocycles. The van der Waals surface area contributed by atoms with E-state index in [1.54, 1.807) is 18.2 Å². The maximum atomic E-state index is 11.9. The third-order valence-corrected chi connectivity index (χ3v) is 3.07. The van der Waals surface area contributed by atoms with Crippen molar-refractivity contribution < 1.29 is 14.7 Å². The predicted octanol–water partition coefficient (Wildman–Crippen LogP) is 1.46. The van der Waals surface area contributed by atoms with Gasteiger partial charge >= 0.3 is 5.97 Å². The summed E-state index contributed by atoms with van der Waals surface area (Å²) in [5.41, 5.74) is 3.88. The minimum absolute atomic E-state index is 0.149. The number of benzene rings is 1. The summed E-state index contributed by atoms with van der Waals surface area (Å²) in [4.78, 5) is 20.5. The van der Waals surface area contributed by atoms with Crippen molar-refractivity contribution in [2.45, 2.75) is 10.4 Å². The molecule has 6 heteroatoms. The van der Waals surface area contributed by atoms with E-state index in [1.807, 2.05) is 0 Å². The Morgan fingerprint density at radius 3 is 2.19 bits per heavy atom. The highest BCUT2D eigenvalue weighted by Gasteiger charge is 2.49. The van der Waals surface area contributed by atoms with Crippen LogP contribution < -0.4 is 5.73 Å². The van der Waals surface area contributed by atoms with Crippen molar-refractivity contribution in [2.24, 2.45) is 5.73 Å². The molecule has 0 aliphatic rings. The number of rotatable bonds is 4. The molecule has 16 heavy (non-hydrogen) atoms. The number of ketones is 1. The maximum Gasteiger partial charge on any atom is 0.335 e. The van der Waals surface area contributed by atoms with Gasteiger partial charge in [-0.05, 0) is 0 Å². The number of carboxylic acid groups (broad SMARTS) is 1. The average Bonchev–Trinajstić information content (AvgIpc) is 2.27. The van der Waals surface area contributed by atoms with Gasteiger partial charge in [0.2, 0.25) is 4.87 Å². The summed E-state index contributed by atoms with van der Waals surface area (Å²) in [7, 11) is 0. The predicted molar refractivity (Wildman–Crippen MR) is 60.8 cm³/mol. The van der Waals surface area contributed by atoms with E-state index in [2.05, 4.69) is 0 Å². The third kappa shape index (κ3) is 2.19. The van der Waals surface area contributed by atoms with Gasteiger partial charge in [-0.1, -0.05) is 41.9 Å². The highest BCUT2D eigenvalue weighted by molar-refractivity contribution is 6.52. The Balaban J connectivity index is 3.17. The molecule has 0 heterocycles. The molecule has 0 saturated heterocycles. The Bertz CT molecular complexity index is 408. The smallest absolute Gasteiger partial charge is 0.335 e. The molecule has 0 aliphatic carbocycles. The van der Waals surface area contributed by atoms with Gasteiger partial charge in [-0.15, -0.1) is 11.6 Å². The van der Waals surface area contributed by atoms with Crippen molar-refractivity contribution in [1.82, 2.24) is 0 Å². The van der Waals surface area contributed by atoms with Crippen LogP contribution in [-0.2, 0) is 4.79 Å². The first-order valence-corrected chi connectivity index (χ1v) is 5.14. The first-order chi connectivity index (χ1) is 7.40. The standard InChI is InChI=1S/C10H9Cl2NO3/c11-8(13)10(12,9(15)16)7(14)6-4-2-1-3-5-6/h1-5,8H,13H2,(H,15,16). The molecule has 0 fully saturated rings. The average molecular weight is 262 g/mol. The molecule has 2 unspecified atom stereocenters. The fraction of sp³-hybridized carbons (Fsp3) is 0.200. The molecule has 0 saturated carbocycles.